The van der Waals surface area contributed by atoms with Gasteiger partial charge in [0.15, 0.2) is 9.84 Å². The van der Waals surface area contributed by atoms with Crippen LogP contribution in [0, 0.1) is 0 Å². The number of hydrogen-bond acceptors (Lipinski definition) is 3. The van der Waals surface area contributed by atoms with E-state index in [4.69, 9.17) is 0 Å². The second-order valence-electron chi connectivity index (χ2n) is 6.67. The number of H-pyrrole nitrogens is 1. The van der Waals surface area contributed by atoms with Crippen LogP contribution in [0.3, 0.4) is 0 Å². The first kappa shape index (κ1) is 19.2. The molecule has 1 aromatic heterocycles. The Morgan fingerprint density at radius 1 is 0.862 bits per heavy atom. The van der Waals surface area contributed by atoms with E-state index in [9.17, 15) is 21.6 Å². The number of imidazole rings is 1. The Bertz CT molecular complexity index is 1310. The average Bonchev–Trinajstić information content (AvgIpc) is 3.13. The first-order valence-electron chi connectivity index (χ1n) is 8.60. The zero-order chi connectivity index (χ0) is 20.8. The Labute approximate surface area is 165 Å². The van der Waals surface area contributed by atoms with E-state index < -0.39 is 21.8 Å². The summed E-state index contributed by atoms with van der Waals surface area (Å²) in [4.78, 5) is 6.25. The molecule has 0 bridgehead atoms. The number of benzene rings is 3. The van der Waals surface area contributed by atoms with E-state index in [0.717, 1.165) is 17.0 Å². The number of halogens is 3. The van der Waals surface area contributed by atoms with Gasteiger partial charge in [0.05, 0.1) is 16.3 Å². The molecule has 1 heterocycles. The van der Waals surface area contributed by atoms with E-state index in [2.05, 4.69) is 9.97 Å². The minimum atomic E-state index is -4.64. The maximum Gasteiger partial charge on any atom is 0.449 e. The minimum absolute atomic E-state index is 0.0834. The van der Waals surface area contributed by atoms with Gasteiger partial charge in [0.1, 0.15) is 0 Å². The molecule has 4 nitrogen and oxygen atoms in total. The van der Waals surface area contributed by atoms with E-state index in [0.29, 0.717) is 11.1 Å². The van der Waals surface area contributed by atoms with Crippen LogP contribution in [0.4, 0.5) is 13.2 Å². The summed E-state index contributed by atoms with van der Waals surface area (Å²) in [6.07, 6.45) is -3.57. The number of nitrogens with one attached hydrogen (secondary N) is 1. The Morgan fingerprint density at radius 3 is 2.10 bits per heavy atom. The molecule has 3 aromatic carbocycles. The SMILES string of the molecule is CS(=O)(=O)c1ccc(-c2nc(C(F)(F)F)[nH]c2-c2ccc3ccccc3c2)cc1. The van der Waals surface area contributed by atoms with Crippen LogP contribution < -0.4 is 0 Å². The molecule has 0 saturated carbocycles. The van der Waals surface area contributed by atoms with Crippen LogP contribution in [-0.2, 0) is 16.0 Å². The van der Waals surface area contributed by atoms with Crippen LogP contribution in [0.5, 0.6) is 0 Å². The normalized spacial score (nSPS) is 12.4. The van der Waals surface area contributed by atoms with Crippen molar-refractivity contribution >= 4 is 20.6 Å². The lowest BCUT2D eigenvalue weighted by molar-refractivity contribution is -0.144. The van der Waals surface area contributed by atoms with Crippen molar-refractivity contribution in [2.75, 3.05) is 6.26 Å². The van der Waals surface area contributed by atoms with E-state index >= 15 is 0 Å². The standard InChI is InChI=1S/C21H15F3N2O2S/c1-29(27,28)17-10-8-14(9-11-17)18-19(26-20(25-18)21(22,23)24)16-7-6-13-4-2-3-5-15(13)12-16/h2-12H,1H3,(H,25,26). The van der Waals surface area contributed by atoms with Gasteiger partial charge in [-0.2, -0.15) is 13.2 Å². The number of rotatable bonds is 3. The lowest BCUT2D eigenvalue weighted by Gasteiger charge is -2.06. The van der Waals surface area contributed by atoms with Crippen molar-refractivity contribution in [1.82, 2.24) is 9.97 Å². The van der Waals surface area contributed by atoms with Crippen molar-refractivity contribution in [3.8, 4) is 22.5 Å². The fourth-order valence-electron chi connectivity index (χ4n) is 3.13. The number of nitrogens with zero attached hydrogens (tertiary/aromatic N) is 1. The summed E-state index contributed by atoms with van der Waals surface area (Å²) in [6.45, 7) is 0. The van der Waals surface area contributed by atoms with Crippen molar-refractivity contribution in [3.63, 3.8) is 0 Å². The second-order valence-corrected chi connectivity index (χ2v) is 8.68. The third-order valence-electron chi connectivity index (χ3n) is 4.57. The molecule has 8 heteroatoms. The van der Waals surface area contributed by atoms with Crippen molar-refractivity contribution in [3.05, 3.63) is 72.6 Å². The van der Waals surface area contributed by atoms with Gasteiger partial charge in [0, 0.05) is 17.4 Å². The molecule has 1 N–H and O–H groups in total. The van der Waals surface area contributed by atoms with Crippen molar-refractivity contribution in [1.29, 1.82) is 0 Å². The third-order valence-corrected chi connectivity index (χ3v) is 5.69. The molecule has 0 radical (unpaired) electrons. The summed E-state index contributed by atoms with van der Waals surface area (Å²) in [7, 11) is -3.41. The number of aromatic nitrogens is 2. The Kier molecular flexibility index (Phi) is 4.46. The topological polar surface area (TPSA) is 62.8 Å². The Morgan fingerprint density at radius 2 is 1.48 bits per heavy atom. The second kappa shape index (κ2) is 6.73. The molecule has 0 aliphatic rings. The van der Waals surface area contributed by atoms with Gasteiger partial charge >= 0.3 is 6.18 Å². The molecule has 148 valence electrons. The van der Waals surface area contributed by atoms with Crippen LogP contribution >= 0.6 is 0 Å². The molecule has 0 aliphatic carbocycles. The highest BCUT2D eigenvalue weighted by Gasteiger charge is 2.36. The van der Waals surface area contributed by atoms with Crippen LogP contribution in [-0.4, -0.2) is 24.6 Å². The third kappa shape index (κ3) is 3.75. The van der Waals surface area contributed by atoms with Gasteiger partial charge < -0.3 is 4.98 Å². The maximum atomic E-state index is 13.3. The van der Waals surface area contributed by atoms with Gasteiger partial charge in [-0.3, -0.25) is 0 Å². The van der Waals surface area contributed by atoms with Gasteiger partial charge in [-0.05, 0) is 29.0 Å². The van der Waals surface area contributed by atoms with Crippen molar-refractivity contribution in [2.24, 2.45) is 0 Å². The number of hydrogen-bond donors (Lipinski definition) is 1. The fraction of sp³-hybridized carbons (Fsp3) is 0.0952. The van der Waals surface area contributed by atoms with Crippen LogP contribution in [0.1, 0.15) is 5.82 Å². The van der Waals surface area contributed by atoms with E-state index in [1.807, 2.05) is 30.3 Å². The molecule has 0 saturated heterocycles. The van der Waals surface area contributed by atoms with Gasteiger partial charge in [0.2, 0.25) is 5.82 Å². The van der Waals surface area contributed by atoms with E-state index in [1.165, 1.54) is 24.3 Å². The molecule has 4 aromatic rings. The number of alkyl halides is 3. The van der Waals surface area contributed by atoms with Crippen molar-refractivity contribution in [2.45, 2.75) is 11.1 Å². The van der Waals surface area contributed by atoms with Gasteiger partial charge in [-0.1, -0.05) is 48.5 Å². The Hall–Kier alpha value is -3.13. The molecular weight excluding hydrogens is 401 g/mol. The molecule has 0 amide bonds. The summed E-state index contributed by atoms with van der Waals surface area (Å²) >= 11 is 0. The molecule has 0 atom stereocenters. The lowest BCUT2D eigenvalue weighted by Crippen LogP contribution is -2.07. The number of fused-ring (bicyclic) bond motifs is 1. The van der Waals surface area contributed by atoms with Gasteiger partial charge in [-0.15, -0.1) is 0 Å². The molecule has 0 aliphatic heterocycles. The van der Waals surface area contributed by atoms with Gasteiger partial charge in [-0.25, -0.2) is 13.4 Å². The maximum absolute atomic E-state index is 13.3. The highest BCUT2D eigenvalue weighted by atomic mass is 32.2. The van der Waals surface area contributed by atoms with Crippen molar-refractivity contribution < 1.29 is 21.6 Å². The molecule has 0 unspecified atom stereocenters. The predicted molar refractivity (Wildman–Crippen MR) is 105 cm³/mol. The smallest absolute Gasteiger partial charge is 0.334 e. The van der Waals surface area contributed by atoms with Crippen LogP contribution in [0.25, 0.3) is 33.3 Å². The predicted octanol–water partition coefficient (Wildman–Crippen LogP) is 5.32. The van der Waals surface area contributed by atoms with E-state index in [1.54, 1.807) is 12.1 Å². The Balaban J connectivity index is 1.90. The summed E-state index contributed by atoms with van der Waals surface area (Å²) < 4.78 is 63.3. The summed E-state index contributed by atoms with van der Waals surface area (Å²) in [6, 6.07) is 18.5. The molecule has 0 fully saturated rings. The number of aromatic amines is 1. The molecule has 29 heavy (non-hydrogen) atoms. The zero-order valence-corrected chi connectivity index (χ0v) is 16.0. The zero-order valence-electron chi connectivity index (χ0n) is 15.2. The minimum Gasteiger partial charge on any atom is -0.334 e. The fourth-order valence-corrected chi connectivity index (χ4v) is 3.76. The average molecular weight is 416 g/mol. The highest BCUT2D eigenvalue weighted by Crippen LogP contribution is 2.36. The van der Waals surface area contributed by atoms with Gasteiger partial charge in [0.25, 0.3) is 0 Å². The first-order chi connectivity index (χ1) is 13.6. The first-order valence-corrected chi connectivity index (χ1v) is 10.5. The van der Waals surface area contributed by atoms with Crippen LogP contribution in [0.15, 0.2) is 71.6 Å². The summed E-state index contributed by atoms with van der Waals surface area (Å²) in [5, 5.41) is 1.84. The van der Waals surface area contributed by atoms with Crippen LogP contribution in [0.2, 0.25) is 0 Å². The molecular formula is C21H15F3N2O2S. The quantitative estimate of drug-likeness (QED) is 0.492. The summed E-state index contributed by atoms with van der Waals surface area (Å²) in [5.74, 6) is -1.11. The lowest BCUT2D eigenvalue weighted by atomic mass is 10.0. The van der Waals surface area contributed by atoms with E-state index in [-0.39, 0.29) is 16.3 Å². The molecule has 4 rings (SSSR count). The monoisotopic (exact) mass is 416 g/mol. The molecule has 0 spiro atoms. The number of sulfone groups is 1. The summed E-state index contributed by atoms with van der Waals surface area (Å²) in [5.41, 5.74) is 1.25. The highest BCUT2D eigenvalue weighted by molar-refractivity contribution is 7.90. The largest absolute Gasteiger partial charge is 0.449 e.